The molecule has 2 amide bonds. The van der Waals surface area contributed by atoms with Crippen LogP contribution in [-0.4, -0.2) is 33.0 Å². The van der Waals surface area contributed by atoms with Crippen LogP contribution < -0.4 is 10.7 Å². The lowest BCUT2D eigenvalue weighted by atomic mass is 10.1. The number of aromatic hydroxyl groups is 1. The zero-order chi connectivity index (χ0) is 22.3. The van der Waals surface area contributed by atoms with E-state index in [0.29, 0.717) is 11.8 Å². The van der Waals surface area contributed by atoms with Crippen molar-refractivity contribution in [2.24, 2.45) is 5.10 Å². The van der Waals surface area contributed by atoms with Gasteiger partial charge in [0.15, 0.2) is 0 Å². The van der Waals surface area contributed by atoms with Gasteiger partial charge < -0.3 is 10.4 Å². The molecule has 0 fully saturated rings. The van der Waals surface area contributed by atoms with Crippen molar-refractivity contribution in [1.29, 1.82) is 0 Å². The van der Waals surface area contributed by atoms with Crippen molar-refractivity contribution >= 4 is 35.1 Å². The van der Waals surface area contributed by atoms with Crippen molar-refractivity contribution in [1.82, 2.24) is 5.43 Å². The number of anilines is 1. The average molecular weight is 419 g/mol. The molecule has 0 heterocycles. The van der Waals surface area contributed by atoms with Crippen LogP contribution >= 0.6 is 0 Å². The van der Waals surface area contributed by atoms with Crippen LogP contribution in [-0.2, 0) is 9.59 Å². The highest BCUT2D eigenvalue weighted by molar-refractivity contribution is 5.93. The van der Waals surface area contributed by atoms with Gasteiger partial charge in [0.2, 0.25) is 17.6 Å². The molecular weight excluding hydrogens is 405 g/mol. The lowest BCUT2D eigenvalue weighted by molar-refractivity contribution is -0.394. The molecule has 0 spiro atoms. The first-order chi connectivity index (χ1) is 14.2. The number of benzene rings is 2. The number of rotatable bonds is 8. The van der Waals surface area contributed by atoms with Gasteiger partial charge in [0.1, 0.15) is 5.82 Å². The van der Waals surface area contributed by atoms with Gasteiger partial charge >= 0.3 is 5.69 Å². The molecular formula is C17H14FN5O7. The van der Waals surface area contributed by atoms with Crippen molar-refractivity contribution in [3.8, 4) is 5.75 Å². The minimum absolute atomic E-state index is 0.216. The Labute approximate surface area is 167 Å². The Morgan fingerprint density at radius 2 is 1.70 bits per heavy atom. The van der Waals surface area contributed by atoms with Crippen LogP contribution in [0.3, 0.4) is 0 Å². The zero-order valence-electron chi connectivity index (χ0n) is 15.1. The summed E-state index contributed by atoms with van der Waals surface area (Å²) in [4.78, 5) is 43.3. The van der Waals surface area contributed by atoms with Crippen LogP contribution in [0.5, 0.6) is 5.75 Å². The van der Waals surface area contributed by atoms with Crippen LogP contribution in [0.1, 0.15) is 18.4 Å². The van der Waals surface area contributed by atoms with Gasteiger partial charge in [-0.3, -0.25) is 29.8 Å². The fourth-order valence-corrected chi connectivity index (χ4v) is 2.18. The second kappa shape index (κ2) is 9.68. The SMILES string of the molecule is O=C(CCC(=O)Nc1ccc(F)cc1)N/N=C/c1cc([N+](=O)[O-])cc([N+](=O)[O-])c1O. The van der Waals surface area contributed by atoms with E-state index in [1.807, 2.05) is 5.43 Å². The normalized spacial score (nSPS) is 10.6. The van der Waals surface area contributed by atoms with Gasteiger partial charge in [0.05, 0.1) is 27.7 Å². The summed E-state index contributed by atoms with van der Waals surface area (Å²) < 4.78 is 12.8. The molecule has 30 heavy (non-hydrogen) atoms. The number of nitrogens with one attached hydrogen (secondary N) is 2. The number of carbonyl (C=O) groups excluding carboxylic acids is 2. The second-order valence-corrected chi connectivity index (χ2v) is 5.77. The van der Waals surface area contributed by atoms with Gasteiger partial charge in [0, 0.05) is 24.6 Å². The summed E-state index contributed by atoms with van der Waals surface area (Å²) in [6.45, 7) is 0. The fourth-order valence-electron chi connectivity index (χ4n) is 2.18. The topological polar surface area (TPSA) is 177 Å². The highest BCUT2D eigenvalue weighted by Gasteiger charge is 2.23. The van der Waals surface area contributed by atoms with Gasteiger partial charge in [0.25, 0.3) is 5.69 Å². The number of phenolic OH excluding ortho intramolecular Hbond substituents is 1. The van der Waals surface area contributed by atoms with Crippen LogP contribution in [0.15, 0.2) is 41.5 Å². The minimum Gasteiger partial charge on any atom is -0.502 e. The van der Waals surface area contributed by atoms with Crippen molar-refractivity contribution in [2.45, 2.75) is 12.8 Å². The summed E-state index contributed by atoms with van der Waals surface area (Å²) in [7, 11) is 0. The highest BCUT2D eigenvalue weighted by Crippen LogP contribution is 2.33. The van der Waals surface area contributed by atoms with Crippen LogP contribution in [0.2, 0.25) is 0 Å². The Balaban J connectivity index is 1.94. The first-order valence-electron chi connectivity index (χ1n) is 8.20. The first kappa shape index (κ1) is 21.9. The van der Waals surface area contributed by atoms with Gasteiger partial charge in [-0.25, -0.2) is 9.82 Å². The Morgan fingerprint density at radius 1 is 1.07 bits per heavy atom. The lowest BCUT2D eigenvalue weighted by Crippen LogP contribution is -2.20. The van der Waals surface area contributed by atoms with Gasteiger partial charge in [-0.05, 0) is 24.3 Å². The van der Waals surface area contributed by atoms with Crippen molar-refractivity contribution in [3.05, 3.63) is 68.0 Å². The van der Waals surface area contributed by atoms with E-state index in [-0.39, 0.29) is 18.4 Å². The smallest absolute Gasteiger partial charge is 0.318 e. The quantitative estimate of drug-likeness (QED) is 0.333. The summed E-state index contributed by atoms with van der Waals surface area (Å²) in [6, 6.07) is 6.44. The largest absolute Gasteiger partial charge is 0.502 e. The van der Waals surface area contributed by atoms with E-state index >= 15 is 0 Å². The van der Waals surface area contributed by atoms with Crippen LogP contribution in [0.25, 0.3) is 0 Å². The number of halogens is 1. The Morgan fingerprint density at radius 3 is 2.30 bits per heavy atom. The number of nitro benzene ring substituents is 2. The lowest BCUT2D eigenvalue weighted by Gasteiger charge is -2.04. The summed E-state index contributed by atoms with van der Waals surface area (Å²) in [5.41, 5.74) is 0.483. The molecule has 0 saturated heterocycles. The molecule has 156 valence electrons. The van der Waals surface area contributed by atoms with E-state index in [1.165, 1.54) is 12.1 Å². The predicted octanol–water partition coefficient (Wildman–Crippen LogP) is 2.22. The highest BCUT2D eigenvalue weighted by atomic mass is 19.1. The van der Waals surface area contributed by atoms with E-state index in [2.05, 4.69) is 10.4 Å². The molecule has 0 atom stereocenters. The molecule has 3 N–H and O–H groups in total. The molecule has 0 aromatic heterocycles. The van der Waals surface area contributed by atoms with Crippen LogP contribution in [0.4, 0.5) is 21.5 Å². The van der Waals surface area contributed by atoms with Gasteiger partial charge in [-0.15, -0.1) is 0 Å². The summed E-state index contributed by atoms with van der Waals surface area (Å²) in [6.07, 6.45) is 0.309. The predicted molar refractivity (Wildman–Crippen MR) is 101 cm³/mol. The number of amides is 2. The summed E-state index contributed by atoms with van der Waals surface area (Å²) in [5.74, 6) is -2.53. The Kier molecular flexibility index (Phi) is 7.06. The van der Waals surface area contributed by atoms with Crippen molar-refractivity contribution in [3.63, 3.8) is 0 Å². The fraction of sp³-hybridized carbons (Fsp3) is 0.118. The number of non-ortho nitro benzene ring substituents is 1. The van der Waals surface area contributed by atoms with Crippen molar-refractivity contribution in [2.75, 3.05) is 5.32 Å². The number of nitrogens with zero attached hydrogens (tertiary/aromatic N) is 3. The molecule has 13 heteroatoms. The van der Waals surface area contributed by atoms with Crippen LogP contribution in [0, 0.1) is 26.0 Å². The van der Waals surface area contributed by atoms with E-state index < -0.39 is 44.6 Å². The van der Waals surface area contributed by atoms with E-state index in [9.17, 15) is 39.3 Å². The summed E-state index contributed by atoms with van der Waals surface area (Å²) >= 11 is 0. The minimum atomic E-state index is -1.00. The second-order valence-electron chi connectivity index (χ2n) is 5.77. The maximum atomic E-state index is 12.8. The van der Waals surface area contributed by atoms with E-state index in [0.717, 1.165) is 24.4 Å². The number of hydrazone groups is 1. The van der Waals surface area contributed by atoms with Gasteiger partial charge in [-0.2, -0.15) is 5.10 Å². The van der Waals surface area contributed by atoms with Gasteiger partial charge in [-0.1, -0.05) is 0 Å². The molecule has 0 unspecified atom stereocenters. The third-order valence-corrected chi connectivity index (χ3v) is 3.61. The third-order valence-electron chi connectivity index (χ3n) is 3.61. The maximum Gasteiger partial charge on any atom is 0.318 e. The van der Waals surface area contributed by atoms with E-state index in [1.54, 1.807) is 0 Å². The molecule has 0 aliphatic heterocycles. The number of nitro groups is 2. The number of phenols is 1. The molecule has 0 radical (unpaired) electrons. The van der Waals surface area contributed by atoms with Crippen molar-refractivity contribution < 1.29 is 28.9 Å². The molecule has 12 nitrogen and oxygen atoms in total. The Hall–Kier alpha value is -4.42. The molecule has 0 saturated carbocycles. The number of carbonyl (C=O) groups is 2. The molecule has 2 aromatic carbocycles. The number of hydrogen-bond donors (Lipinski definition) is 3. The molecule has 2 aromatic rings. The average Bonchev–Trinajstić information content (AvgIpc) is 2.69. The molecule has 2 rings (SSSR count). The number of hydrogen-bond acceptors (Lipinski definition) is 8. The third kappa shape index (κ3) is 6.05. The zero-order valence-corrected chi connectivity index (χ0v) is 15.1. The first-order valence-corrected chi connectivity index (χ1v) is 8.20. The van der Waals surface area contributed by atoms with E-state index in [4.69, 9.17) is 0 Å². The standard InChI is InChI=1S/C17H14FN5O7/c18-11-1-3-12(4-2-11)20-15(24)5-6-16(25)21-19-9-10-7-13(22(27)28)8-14(17(10)26)23(29)30/h1-4,7-9,26H,5-6H2,(H,20,24)(H,21,25)/b19-9+. The monoisotopic (exact) mass is 419 g/mol. The molecule has 0 aliphatic carbocycles. The molecule has 0 bridgehead atoms. The Bertz CT molecular complexity index is 1020. The summed E-state index contributed by atoms with van der Waals surface area (Å²) in [5, 5.41) is 37.5. The maximum absolute atomic E-state index is 12.8. The molecule has 0 aliphatic rings.